The molecule has 0 amide bonds. The van der Waals surface area contributed by atoms with Crippen LogP contribution in [0.25, 0.3) is 0 Å². The van der Waals surface area contributed by atoms with Crippen molar-refractivity contribution in [3.63, 3.8) is 0 Å². The van der Waals surface area contributed by atoms with Gasteiger partial charge < -0.3 is 4.74 Å². The molecule has 0 saturated heterocycles. The van der Waals surface area contributed by atoms with E-state index < -0.39 is 8.07 Å². The summed E-state index contributed by atoms with van der Waals surface area (Å²) in [5.74, 6) is 1.13. The first-order valence-corrected chi connectivity index (χ1v) is 8.72. The first-order valence-electron chi connectivity index (χ1n) is 5.14. The van der Waals surface area contributed by atoms with Gasteiger partial charge in [0.15, 0.2) is 0 Å². The van der Waals surface area contributed by atoms with Gasteiger partial charge in [-0.1, -0.05) is 32.6 Å². The normalized spacial score (nSPS) is 31.9. The van der Waals surface area contributed by atoms with E-state index in [4.69, 9.17) is 0 Å². The SMILES string of the molecule is COC(=O)/C=C/C1C(C)C1[Si](C)(C)C. The molecule has 0 aromatic heterocycles. The summed E-state index contributed by atoms with van der Waals surface area (Å²) in [5.41, 5.74) is 0.836. The van der Waals surface area contributed by atoms with Crippen molar-refractivity contribution in [2.45, 2.75) is 32.1 Å². The fraction of sp³-hybridized carbons (Fsp3) is 0.727. The Bertz CT molecular complexity index is 253. The quantitative estimate of drug-likeness (QED) is 0.408. The predicted octanol–water partition coefficient (Wildman–Crippen LogP) is 2.69. The molecule has 2 nitrogen and oxygen atoms in total. The smallest absolute Gasteiger partial charge is 0.330 e. The Morgan fingerprint density at radius 2 is 1.93 bits per heavy atom. The number of carbonyl (C=O) groups excluding carboxylic acids is 1. The molecule has 0 aliphatic heterocycles. The molecule has 3 atom stereocenters. The van der Waals surface area contributed by atoms with Crippen molar-refractivity contribution in [3.8, 4) is 0 Å². The summed E-state index contributed by atoms with van der Waals surface area (Å²) < 4.78 is 4.57. The number of allylic oxidation sites excluding steroid dienone is 1. The van der Waals surface area contributed by atoms with Crippen molar-refractivity contribution in [1.82, 2.24) is 0 Å². The number of hydrogen-bond acceptors (Lipinski definition) is 2. The lowest BCUT2D eigenvalue weighted by Gasteiger charge is -2.14. The van der Waals surface area contributed by atoms with E-state index in [0.717, 1.165) is 11.5 Å². The Balaban J connectivity index is 2.51. The molecule has 3 heteroatoms. The van der Waals surface area contributed by atoms with Gasteiger partial charge in [-0.25, -0.2) is 4.79 Å². The summed E-state index contributed by atoms with van der Waals surface area (Å²) >= 11 is 0. The Morgan fingerprint density at radius 3 is 2.29 bits per heavy atom. The molecule has 0 aromatic rings. The molecule has 3 unspecified atom stereocenters. The highest BCUT2D eigenvalue weighted by Gasteiger charge is 2.51. The lowest BCUT2D eigenvalue weighted by molar-refractivity contribution is -0.134. The number of rotatable bonds is 3. The molecule has 1 fully saturated rings. The van der Waals surface area contributed by atoms with Crippen molar-refractivity contribution in [2.75, 3.05) is 7.11 Å². The van der Waals surface area contributed by atoms with Crippen LogP contribution in [-0.4, -0.2) is 21.2 Å². The van der Waals surface area contributed by atoms with E-state index in [1.54, 1.807) is 6.08 Å². The van der Waals surface area contributed by atoms with Gasteiger partial charge in [-0.3, -0.25) is 0 Å². The van der Waals surface area contributed by atoms with Crippen LogP contribution in [-0.2, 0) is 9.53 Å². The minimum Gasteiger partial charge on any atom is -0.466 e. The molecular weight excluding hydrogens is 192 g/mol. The summed E-state index contributed by atoms with van der Waals surface area (Å²) in [6.07, 6.45) is 3.60. The zero-order valence-corrected chi connectivity index (χ0v) is 10.7. The van der Waals surface area contributed by atoms with E-state index in [0.29, 0.717) is 5.92 Å². The van der Waals surface area contributed by atoms with Crippen LogP contribution in [0.4, 0.5) is 0 Å². The van der Waals surface area contributed by atoms with Crippen LogP contribution >= 0.6 is 0 Å². The molecular formula is C11H20O2Si. The molecule has 0 radical (unpaired) electrons. The minimum absolute atomic E-state index is 0.238. The van der Waals surface area contributed by atoms with Crippen LogP contribution in [0.15, 0.2) is 12.2 Å². The molecule has 0 bridgehead atoms. The van der Waals surface area contributed by atoms with Gasteiger partial charge in [0.25, 0.3) is 0 Å². The van der Waals surface area contributed by atoms with E-state index in [1.807, 2.05) is 6.08 Å². The summed E-state index contributed by atoms with van der Waals surface area (Å²) in [5, 5.41) is 0. The highest BCUT2D eigenvalue weighted by Crippen LogP contribution is 2.58. The largest absolute Gasteiger partial charge is 0.466 e. The van der Waals surface area contributed by atoms with E-state index in [9.17, 15) is 4.79 Å². The van der Waals surface area contributed by atoms with Crippen LogP contribution in [0.3, 0.4) is 0 Å². The van der Waals surface area contributed by atoms with Crippen LogP contribution in [0, 0.1) is 11.8 Å². The second kappa shape index (κ2) is 3.89. The number of ether oxygens (including phenoxy) is 1. The summed E-state index contributed by atoms with van der Waals surface area (Å²) in [6.45, 7) is 9.44. The monoisotopic (exact) mass is 212 g/mol. The number of esters is 1. The fourth-order valence-corrected chi connectivity index (χ4v) is 5.67. The first kappa shape index (κ1) is 11.5. The van der Waals surface area contributed by atoms with Crippen LogP contribution in [0.1, 0.15) is 6.92 Å². The third-order valence-electron chi connectivity index (χ3n) is 3.10. The van der Waals surface area contributed by atoms with E-state index in [1.165, 1.54) is 7.11 Å². The molecule has 0 heterocycles. The zero-order chi connectivity index (χ0) is 10.9. The summed E-state index contributed by atoms with van der Waals surface area (Å²) in [6, 6.07) is 0. The van der Waals surface area contributed by atoms with Gasteiger partial charge in [0.1, 0.15) is 0 Å². The standard InChI is InChI=1S/C11H20O2Si/c1-8-9(6-7-10(12)13-2)11(8)14(3,4)5/h6-9,11H,1-5H3/b7-6+. The fourth-order valence-electron chi connectivity index (χ4n) is 2.41. The molecule has 14 heavy (non-hydrogen) atoms. The van der Waals surface area contributed by atoms with Gasteiger partial charge in [-0.15, -0.1) is 0 Å². The van der Waals surface area contributed by atoms with Gasteiger partial charge in [0, 0.05) is 14.1 Å². The van der Waals surface area contributed by atoms with Gasteiger partial charge in [0.05, 0.1) is 7.11 Å². The van der Waals surface area contributed by atoms with Crippen molar-refractivity contribution in [2.24, 2.45) is 11.8 Å². The molecule has 0 N–H and O–H groups in total. The molecule has 1 saturated carbocycles. The molecule has 1 rings (SSSR count). The van der Waals surface area contributed by atoms with E-state index in [-0.39, 0.29) is 5.97 Å². The Kier molecular flexibility index (Phi) is 3.19. The first-order chi connectivity index (χ1) is 6.38. The van der Waals surface area contributed by atoms with Crippen molar-refractivity contribution < 1.29 is 9.53 Å². The third kappa shape index (κ3) is 2.47. The Labute approximate surface area is 87.3 Å². The molecule has 0 aromatic carbocycles. The topological polar surface area (TPSA) is 26.3 Å². The maximum atomic E-state index is 10.9. The van der Waals surface area contributed by atoms with Gasteiger partial charge in [-0.05, 0) is 17.4 Å². The average Bonchev–Trinajstić information content (AvgIpc) is 2.71. The zero-order valence-electron chi connectivity index (χ0n) is 9.70. The predicted molar refractivity (Wildman–Crippen MR) is 60.9 cm³/mol. The van der Waals surface area contributed by atoms with Crippen molar-refractivity contribution >= 4 is 14.0 Å². The maximum absolute atomic E-state index is 10.9. The highest BCUT2D eigenvalue weighted by molar-refractivity contribution is 6.78. The third-order valence-corrected chi connectivity index (χ3v) is 6.01. The highest BCUT2D eigenvalue weighted by atomic mass is 28.3. The number of hydrogen-bond donors (Lipinski definition) is 0. The van der Waals surface area contributed by atoms with Crippen molar-refractivity contribution in [3.05, 3.63) is 12.2 Å². The maximum Gasteiger partial charge on any atom is 0.330 e. The van der Waals surface area contributed by atoms with E-state index >= 15 is 0 Å². The lowest BCUT2D eigenvalue weighted by Crippen LogP contribution is -2.21. The molecule has 80 valence electrons. The van der Waals surface area contributed by atoms with Gasteiger partial charge >= 0.3 is 5.97 Å². The number of carbonyl (C=O) groups is 1. The second-order valence-corrected chi connectivity index (χ2v) is 10.6. The molecule has 1 aliphatic carbocycles. The lowest BCUT2D eigenvalue weighted by atomic mass is 10.3. The minimum atomic E-state index is -1.04. The number of methoxy groups -OCH3 is 1. The molecule has 1 aliphatic rings. The Morgan fingerprint density at radius 1 is 1.36 bits per heavy atom. The average molecular weight is 212 g/mol. The summed E-state index contributed by atoms with van der Waals surface area (Å²) in [4.78, 5) is 10.9. The van der Waals surface area contributed by atoms with Crippen LogP contribution in [0.5, 0.6) is 0 Å². The Hall–Kier alpha value is -0.573. The van der Waals surface area contributed by atoms with Gasteiger partial charge in [0.2, 0.25) is 0 Å². The van der Waals surface area contributed by atoms with Crippen molar-refractivity contribution in [1.29, 1.82) is 0 Å². The van der Waals surface area contributed by atoms with Gasteiger partial charge in [-0.2, -0.15) is 0 Å². The van der Waals surface area contributed by atoms with Crippen LogP contribution < -0.4 is 0 Å². The molecule has 0 spiro atoms. The summed E-state index contributed by atoms with van der Waals surface area (Å²) in [7, 11) is 0.380. The van der Waals surface area contributed by atoms with E-state index in [2.05, 4.69) is 31.3 Å². The van der Waals surface area contributed by atoms with Crippen LogP contribution in [0.2, 0.25) is 25.2 Å². The second-order valence-electron chi connectivity index (χ2n) is 5.21.